The summed E-state index contributed by atoms with van der Waals surface area (Å²) in [7, 11) is 1.97. The lowest BCUT2D eigenvalue weighted by molar-refractivity contribution is 0.0944. The van der Waals surface area contributed by atoms with Crippen LogP contribution in [-0.4, -0.2) is 28.5 Å². The van der Waals surface area contributed by atoms with Crippen molar-refractivity contribution in [3.63, 3.8) is 0 Å². The molecule has 1 fully saturated rings. The van der Waals surface area contributed by atoms with E-state index in [1.165, 1.54) is 5.69 Å². The van der Waals surface area contributed by atoms with Crippen LogP contribution >= 0.6 is 15.9 Å². The summed E-state index contributed by atoms with van der Waals surface area (Å²) in [6.07, 6.45) is 4.46. The van der Waals surface area contributed by atoms with Crippen LogP contribution in [0.1, 0.15) is 30.7 Å². The van der Waals surface area contributed by atoms with Gasteiger partial charge in [0.05, 0.1) is 22.0 Å². The third-order valence-corrected chi connectivity index (χ3v) is 4.54. The Morgan fingerprint density at radius 2 is 2.44 bits per heavy atom. The highest BCUT2D eigenvalue weighted by Crippen LogP contribution is 2.24. The van der Waals surface area contributed by atoms with Crippen LogP contribution in [0.2, 0.25) is 0 Å². The van der Waals surface area contributed by atoms with Gasteiger partial charge in [0.25, 0.3) is 0 Å². The maximum Gasteiger partial charge on any atom is 0.0738 e. The molecular weight excluding hydrogens is 296 g/mol. The Balaban J connectivity index is 2.00. The summed E-state index contributed by atoms with van der Waals surface area (Å²) in [6, 6.07) is 0.221. The predicted molar refractivity (Wildman–Crippen MR) is 74.1 cm³/mol. The van der Waals surface area contributed by atoms with Crippen molar-refractivity contribution in [2.24, 2.45) is 12.9 Å². The number of ether oxygens (including phenoxy) is 1. The van der Waals surface area contributed by atoms with Crippen molar-refractivity contribution in [2.75, 3.05) is 6.61 Å². The molecule has 1 aliphatic heterocycles. The molecular formula is C12H21BrN4O. The Morgan fingerprint density at radius 3 is 2.94 bits per heavy atom. The molecule has 1 aromatic rings. The van der Waals surface area contributed by atoms with Gasteiger partial charge in [0.2, 0.25) is 0 Å². The summed E-state index contributed by atoms with van der Waals surface area (Å²) in [5.41, 5.74) is 5.09. The Kier molecular flexibility index (Phi) is 4.77. The van der Waals surface area contributed by atoms with Crippen molar-refractivity contribution in [3.05, 3.63) is 15.9 Å². The number of hydrogen-bond acceptors (Lipinski definition) is 4. The van der Waals surface area contributed by atoms with Crippen LogP contribution in [0.25, 0.3) is 0 Å². The fourth-order valence-corrected chi connectivity index (χ4v) is 2.99. The average molecular weight is 317 g/mol. The van der Waals surface area contributed by atoms with Gasteiger partial charge in [-0.3, -0.25) is 16.0 Å². The van der Waals surface area contributed by atoms with Crippen LogP contribution in [0.15, 0.2) is 4.47 Å². The lowest BCUT2D eigenvalue weighted by atomic mass is 10.0. The lowest BCUT2D eigenvalue weighted by Crippen LogP contribution is -2.39. The zero-order valence-electron chi connectivity index (χ0n) is 10.9. The monoisotopic (exact) mass is 316 g/mol. The number of nitrogens with one attached hydrogen (secondary N) is 1. The van der Waals surface area contributed by atoms with Crippen LogP contribution in [0, 0.1) is 6.92 Å². The lowest BCUT2D eigenvalue weighted by Gasteiger charge is -2.19. The summed E-state index contributed by atoms with van der Waals surface area (Å²) in [5, 5.41) is 4.40. The topological polar surface area (TPSA) is 65.1 Å². The average Bonchev–Trinajstić information content (AvgIpc) is 2.92. The number of aryl methyl sites for hydroxylation is 2. The Labute approximate surface area is 116 Å². The van der Waals surface area contributed by atoms with Crippen molar-refractivity contribution in [3.8, 4) is 0 Å². The fourth-order valence-electron chi connectivity index (χ4n) is 2.49. The first-order valence-electron chi connectivity index (χ1n) is 6.37. The molecule has 1 aromatic heterocycles. The van der Waals surface area contributed by atoms with Gasteiger partial charge in [0.1, 0.15) is 0 Å². The number of aromatic nitrogens is 2. The molecule has 0 saturated carbocycles. The van der Waals surface area contributed by atoms with Gasteiger partial charge in [-0.15, -0.1) is 0 Å². The molecule has 18 heavy (non-hydrogen) atoms. The molecule has 2 rings (SSSR count). The molecule has 3 N–H and O–H groups in total. The van der Waals surface area contributed by atoms with E-state index in [9.17, 15) is 0 Å². The molecule has 2 unspecified atom stereocenters. The third-order valence-electron chi connectivity index (χ3n) is 3.51. The third kappa shape index (κ3) is 3.12. The molecule has 0 radical (unpaired) electrons. The number of nitrogens with zero attached hydrogens (tertiary/aromatic N) is 2. The molecule has 6 heteroatoms. The van der Waals surface area contributed by atoms with Gasteiger partial charge in [0.15, 0.2) is 0 Å². The van der Waals surface area contributed by atoms with Gasteiger partial charge in [-0.25, -0.2) is 0 Å². The van der Waals surface area contributed by atoms with Crippen LogP contribution < -0.4 is 11.3 Å². The van der Waals surface area contributed by atoms with E-state index in [2.05, 4.69) is 26.5 Å². The SMILES string of the molecule is Cc1nn(C)c(CC(CC2CCCO2)NN)c1Br. The summed E-state index contributed by atoms with van der Waals surface area (Å²) in [4.78, 5) is 0. The minimum absolute atomic E-state index is 0.221. The summed E-state index contributed by atoms with van der Waals surface area (Å²) < 4.78 is 8.66. The van der Waals surface area contributed by atoms with E-state index in [1.54, 1.807) is 0 Å². The van der Waals surface area contributed by atoms with E-state index in [0.717, 1.165) is 42.5 Å². The number of halogens is 1. The Morgan fingerprint density at radius 1 is 1.67 bits per heavy atom. The first kappa shape index (κ1) is 14.0. The molecule has 0 spiro atoms. The molecule has 0 aromatic carbocycles. The highest BCUT2D eigenvalue weighted by atomic mass is 79.9. The maximum atomic E-state index is 5.66. The quantitative estimate of drug-likeness (QED) is 0.637. The minimum Gasteiger partial charge on any atom is -0.378 e. The van der Waals surface area contributed by atoms with Gasteiger partial charge in [-0.2, -0.15) is 5.10 Å². The molecule has 2 heterocycles. The van der Waals surface area contributed by atoms with Crippen molar-refractivity contribution in [1.29, 1.82) is 0 Å². The van der Waals surface area contributed by atoms with Gasteiger partial charge in [0, 0.05) is 26.1 Å². The second-order valence-corrected chi connectivity index (χ2v) is 5.70. The van der Waals surface area contributed by atoms with Crippen LogP contribution in [0.5, 0.6) is 0 Å². The molecule has 102 valence electrons. The van der Waals surface area contributed by atoms with Gasteiger partial charge < -0.3 is 4.74 Å². The van der Waals surface area contributed by atoms with E-state index in [4.69, 9.17) is 10.6 Å². The summed E-state index contributed by atoms with van der Waals surface area (Å²) in [6.45, 7) is 2.88. The summed E-state index contributed by atoms with van der Waals surface area (Å²) in [5.74, 6) is 5.66. The predicted octanol–water partition coefficient (Wildman–Crippen LogP) is 1.43. The number of hydrogen-bond donors (Lipinski definition) is 2. The largest absolute Gasteiger partial charge is 0.378 e. The molecule has 0 bridgehead atoms. The molecule has 0 aliphatic carbocycles. The van der Waals surface area contributed by atoms with Gasteiger partial charge in [-0.05, 0) is 42.1 Å². The van der Waals surface area contributed by atoms with E-state index < -0.39 is 0 Å². The fraction of sp³-hybridized carbons (Fsp3) is 0.750. The molecule has 5 nitrogen and oxygen atoms in total. The first-order chi connectivity index (χ1) is 8.61. The van der Waals surface area contributed by atoms with Crippen molar-refractivity contribution in [2.45, 2.75) is 44.8 Å². The van der Waals surface area contributed by atoms with E-state index in [0.29, 0.717) is 6.10 Å². The second kappa shape index (κ2) is 6.14. The highest BCUT2D eigenvalue weighted by molar-refractivity contribution is 9.10. The van der Waals surface area contributed by atoms with Crippen LogP contribution in [0.3, 0.4) is 0 Å². The standard InChI is InChI=1S/C12H21BrN4O/c1-8-12(13)11(17(2)16-8)7-9(15-14)6-10-4-3-5-18-10/h9-10,15H,3-7,14H2,1-2H3. The zero-order chi connectivity index (χ0) is 13.1. The minimum atomic E-state index is 0.221. The van der Waals surface area contributed by atoms with Crippen LogP contribution in [-0.2, 0) is 18.2 Å². The van der Waals surface area contributed by atoms with Crippen LogP contribution in [0.4, 0.5) is 0 Å². The number of hydrazine groups is 1. The van der Waals surface area contributed by atoms with Gasteiger partial charge in [-0.1, -0.05) is 0 Å². The van der Waals surface area contributed by atoms with E-state index in [-0.39, 0.29) is 6.04 Å². The first-order valence-corrected chi connectivity index (χ1v) is 7.16. The van der Waals surface area contributed by atoms with E-state index in [1.807, 2.05) is 18.7 Å². The molecule has 2 atom stereocenters. The number of nitrogens with two attached hydrogens (primary N) is 1. The van der Waals surface area contributed by atoms with Crippen molar-refractivity contribution >= 4 is 15.9 Å². The van der Waals surface area contributed by atoms with Crippen molar-refractivity contribution in [1.82, 2.24) is 15.2 Å². The smallest absolute Gasteiger partial charge is 0.0738 e. The molecule has 1 saturated heterocycles. The Hall–Kier alpha value is -0.430. The highest BCUT2D eigenvalue weighted by Gasteiger charge is 2.22. The van der Waals surface area contributed by atoms with Gasteiger partial charge >= 0.3 is 0 Å². The normalized spacial score (nSPS) is 21.4. The number of rotatable bonds is 5. The van der Waals surface area contributed by atoms with Crippen molar-refractivity contribution < 1.29 is 4.74 Å². The second-order valence-electron chi connectivity index (χ2n) is 4.91. The van der Waals surface area contributed by atoms with E-state index >= 15 is 0 Å². The maximum absolute atomic E-state index is 5.66. The zero-order valence-corrected chi connectivity index (χ0v) is 12.5. The Bertz CT molecular complexity index is 401. The summed E-state index contributed by atoms with van der Waals surface area (Å²) >= 11 is 3.59. The molecule has 0 amide bonds. The molecule has 1 aliphatic rings.